The zero-order valence-electron chi connectivity index (χ0n) is 18.3. The Labute approximate surface area is 196 Å². The van der Waals surface area contributed by atoms with Crippen LogP contribution in [-0.4, -0.2) is 13.0 Å². The number of hydrogen-bond donors (Lipinski definition) is 2. The van der Waals surface area contributed by atoms with E-state index in [9.17, 15) is 10.1 Å². The Bertz CT molecular complexity index is 1240. The quantitative estimate of drug-likeness (QED) is 0.483. The number of amides is 1. The lowest BCUT2D eigenvalue weighted by Crippen LogP contribution is -2.30. The molecule has 4 rings (SSSR count). The molecular formula is C26H23N3O3S. The van der Waals surface area contributed by atoms with Crippen LogP contribution in [0.25, 0.3) is 0 Å². The van der Waals surface area contributed by atoms with Crippen LogP contribution in [-0.2, 0) is 10.5 Å². The van der Waals surface area contributed by atoms with Gasteiger partial charge in [-0.15, -0.1) is 11.8 Å². The van der Waals surface area contributed by atoms with Crippen molar-refractivity contribution < 1.29 is 13.9 Å². The van der Waals surface area contributed by atoms with Crippen molar-refractivity contribution in [1.82, 2.24) is 5.32 Å². The minimum Gasteiger partial charge on any atom is -0.495 e. The van der Waals surface area contributed by atoms with Crippen molar-refractivity contribution in [1.29, 1.82) is 5.26 Å². The number of carbonyl (C=O) groups excluding carboxylic acids is 1. The number of ether oxygens (including phenoxy) is 1. The summed E-state index contributed by atoms with van der Waals surface area (Å²) in [6, 6.07) is 23.1. The molecule has 6 nitrogen and oxygen atoms in total. The third kappa shape index (κ3) is 4.81. The number of nitriles is 1. The first kappa shape index (κ1) is 22.3. The number of hydrogen-bond acceptors (Lipinski definition) is 6. The lowest BCUT2D eigenvalue weighted by molar-refractivity contribution is -0.113. The fourth-order valence-electron chi connectivity index (χ4n) is 3.73. The molecule has 0 spiro atoms. The van der Waals surface area contributed by atoms with Gasteiger partial charge in [0.1, 0.15) is 11.5 Å². The summed E-state index contributed by atoms with van der Waals surface area (Å²) in [5.41, 5.74) is 3.23. The smallest absolute Gasteiger partial charge is 0.254 e. The van der Waals surface area contributed by atoms with Gasteiger partial charge in [0.05, 0.1) is 47.2 Å². The minimum atomic E-state index is -0.626. The molecule has 33 heavy (non-hydrogen) atoms. The topological polar surface area (TPSA) is 87.3 Å². The highest BCUT2D eigenvalue weighted by Gasteiger charge is 2.36. The summed E-state index contributed by atoms with van der Waals surface area (Å²) in [6.45, 7) is 1.84. The lowest BCUT2D eigenvalue weighted by atomic mass is 9.85. The summed E-state index contributed by atoms with van der Waals surface area (Å²) in [7, 11) is 1.55. The van der Waals surface area contributed by atoms with Crippen LogP contribution in [0.3, 0.4) is 0 Å². The zero-order valence-corrected chi connectivity index (χ0v) is 19.1. The van der Waals surface area contributed by atoms with Crippen molar-refractivity contribution in [2.24, 2.45) is 0 Å². The Balaban J connectivity index is 1.68. The van der Waals surface area contributed by atoms with Crippen molar-refractivity contribution in [3.05, 3.63) is 106 Å². The summed E-state index contributed by atoms with van der Waals surface area (Å²) in [4.78, 5) is 13.5. The first-order chi connectivity index (χ1) is 16.1. The van der Waals surface area contributed by atoms with E-state index in [1.807, 2.05) is 49.4 Å². The molecule has 1 atom stereocenters. The molecule has 0 fully saturated rings. The number of furan rings is 1. The monoisotopic (exact) mass is 457 g/mol. The number of nitrogens with one attached hydrogen (secondary N) is 2. The second-order valence-corrected chi connectivity index (χ2v) is 8.38. The molecule has 1 unspecified atom stereocenters. The van der Waals surface area contributed by atoms with Crippen molar-refractivity contribution in [2.75, 3.05) is 12.4 Å². The fraction of sp³-hybridized carbons (Fsp3) is 0.154. The van der Waals surface area contributed by atoms with Crippen molar-refractivity contribution in [2.45, 2.75) is 18.6 Å². The lowest BCUT2D eigenvalue weighted by Gasteiger charge is -2.28. The van der Waals surface area contributed by atoms with Crippen LogP contribution in [0.1, 0.15) is 24.2 Å². The first-order valence-corrected chi connectivity index (χ1v) is 11.4. The average Bonchev–Trinajstić information content (AvgIpc) is 3.38. The molecule has 166 valence electrons. The van der Waals surface area contributed by atoms with Crippen LogP contribution >= 0.6 is 11.8 Å². The summed E-state index contributed by atoms with van der Waals surface area (Å²) < 4.78 is 11.0. The Morgan fingerprint density at radius 2 is 1.91 bits per heavy atom. The highest BCUT2D eigenvalue weighted by atomic mass is 32.2. The van der Waals surface area contributed by atoms with Crippen LogP contribution in [0.4, 0.5) is 5.69 Å². The van der Waals surface area contributed by atoms with Gasteiger partial charge in [-0.1, -0.05) is 42.5 Å². The largest absolute Gasteiger partial charge is 0.495 e. The fourth-order valence-corrected chi connectivity index (χ4v) is 4.78. The first-order valence-electron chi connectivity index (χ1n) is 10.4. The van der Waals surface area contributed by atoms with Crippen molar-refractivity contribution in [3.63, 3.8) is 0 Å². The van der Waals surface area contributed by atoms with E-state index >= 15 is 0 Å². The van der Waals surface area contributed by atoms with Gasteiger partial charge in [0, 0.05) is 11.4 Å². The number of methoxy groups -OCH3 is 1. The molecule has 1 aliphatic heterocycles. The van der Waals surface area contributed by atoms with E-state index in [2.05, 4.69) is 16.7 Å². The van der Waals surface area contributed by atoms with E-state index < -0.39 is 5.92 Å². The minimum absolute atomic E-state index is 0.328. The SMILES string of the molecule is COc1ccccc1NC(=O)C1=C(C)NC(SCc2ccccc2)=C(C#N)C1c1ccco1. The molecule has 0 saturated carbocycles. The molecule has 2 heterocycles. The normalized spacial score (nSPS) is 15.6. The third-order valence-corrected chi connectivity index (χ3v) is 6.39. The van der Waals surface area contributed by atoms with Crippen LogP contribution in [0.5, 0.6) is 5.75 Å². The number of carbonyl (C=O) groups is 1. The van der Waals surface area contributed by atoms with Crippen LogP contribution < -0.4 is 15.4 Å². The van der Waals surface area contributed by atoms with Gasteiger partial charge in [-0.25, -0.2) is 0 Å². The highest BCUT2D eigenvalue weighted by Crippen LogP contribution is 2.42. The van der Waals surface area contributed by atoms with Gasteiger partial charge in [-0.2, -0.15) is 5.26 Å². The molecule has 2 aromatic carbocycles. The summed E-state index contributed by atoms with van der Waals surface area (Å²) in [6.07, 6.45) is 1.55. The van der Waals surface area contributed by atoms with E-state index in [-0.39, 0.29) is 5.91 Å². The predicted molar refractivity (Wildman–Crippen MR) is 129 cm³/mol. The molecule has 1 aliphatic rings. The number of dihydropyridines is 1. The van der Waals surface area contributed by atoms with E-state index in [0.717, 1.165) is 5.56 Å². The van der Waals surface area contributed by atoms with E-state index in [1.165, 1.54) is 11.8 Å². The number of rotatable bonds is 7. The van der Waals surface area contributed by atoms with E-state index in [1.54, 1.807) is 37.6 Å². The molecule has 7 heteroatoms. The molecule has 1 amide bonds. The maximum atomic E-state index is 13.5. The second kappa shape index (κ2) is 10.2. The van der Waals surface area contributed by atoms with Crippen LogP contribution in [0.2, 0.25) is 0 Å². The molecule has 0 saturated heterocycles. The Morgan fingerprint density at radius 3 is 2.61 bits per heavy atom. The maximum absolute atomic E-state index is 13.5. The summed E-state index contributed by atoms with van der Waals surface area (Å²) >= 11 is 1.53. The van der Waals surface area contributed by atoms with E-state index in [0.29, 0.717) is 44.8 Å². The standard InChI is InChI=1S/C26H23N3O3S/c1-17-23(25(30)29-20-11-6-7-12-21(20)31-2)24(22-13-8-14-32-22)19(15-27)26(28-17)33-16-18-9-4-3-5-10-18/h3-14,24,28H,16H2,1-2H3,(H,29,30). The number of allylic oxidation sites excluding steroid dienone is 2. The molecular weight excluding hydrogens is 434 g/mol. The number of anilines is 1. The number of para-hydroxylation sites is 2. The molecule has 0 aliphatic carbocycles. The molecule has 3 aromatic rings. The molecule has 0 bridgehead atoms. The third-order valence-electron chi connectivity index (χ3n) is 5.30. The average molecular weight is 458 g/mol. The molecule has 1 aromatic heterocycles. The van der Waals surface area contributed by atoms with Gasteiger partial charge >= 0.3 is 0 Å². The second-order valence-electron chi connectivity index (χ2n) is 7.40. The highest BCUT2D eigenvalue weighted by molar-refractivity contribution is 8.02. The number of thioether (sulfide) groups is 1. The van der Waals surface area contributed by atoms with Gasteiger partial charge in [-0.05, 0) is 36.8 Å². The number of benzene rings is 2. The van der Waals surface area contributed by atoms with Crippen LogP contribution in [0.15, 0.2) is 99.3 Å². The Morgan fingerprint density at radius 1 is 1.15 bits per heavy atom. The maximum Gasteiger partial charge on any atom is 0.254 e. The Kier molecular flexibility index (Phi) is 6.86. The van der Waals surface area contributed by atoms with Gasteiger partial charge in [0.25, 0.3) is 5.91 Å². The van der Waals surface area contributed by atoms with E-state index in [4.69, 9.17) is 9.15 Å². The molecule has 0 radical (unpaired) electrons. The number of nitrogens with zero attached hydrogens (tertiary/aromatic N) is 1. The van der Waals surface area contributed by atoms with Gasteiger partial charge in [0.2, 0.25) is 0 Å². The zero-order chi connectivity index (χ0) is 23.2. The predicted octanol–water partition coefficient (Wildman–Crippen LogP) is 5.56. The summed E-state index contributed by atoms with van der Waals surface area (Å²) in [5, 5.41) is 17.0. The summed E-state index contributed by atoms with van der Waals surface area (Å²) in [5.74, 6) is 0.827. The molecule has 2 N–H and O–H groups in total. The van der Waals surface area contributed by atoms with Crippen molar-refractivity contribution in [3.8, 4) is 11.8 Å². The Hall–Kier alpha value is -3.89. The van der Waals surface area contributed by atoms with Crippen molar-refractivity contribution >= 4 is 23.4 Å². The van der Waals surface area contributed by atoms with Crippen LogP contribution in [0, 0.1) is 11.3 Å². The van der Waals surface area contributed by atoms with Gasteiger partial charge in [-0.3, -0.25) is 4.79 Å². The van der Waals surface area contributed by atoms with Gasteiger partial charge in [0.15, 0.2) is 0 Å². The van der Waals surface area contributed by atoms with Gasteiger partial charge < -0.3 is 19.8 Å².